The van der Waals surface area contributed by atoms with Gasteiger partial charge in [-0.15, -0.1) is 0 Å². The summed E-state index contributed by atoms with van der Waals surface area (Å²) < 4.78 is 2.34. The van der Waals surface area contributed by atoms with Crippen LogP contribution in [-0.2, 0) is 6.04 Å². The zero-order chi connectivity index (χ0) is 9.47. The van der Waals surface area contributed by atoms with E-state index >= 15 is 0 Å². The maximum absolute atomic E-state index is 2.84. The van der Waals surface area contributed by atoms with Crippen LogP contribution in [0.5, 0.6) is 0 Å². The first-order valence-corrected chi connectivity index (χ1v) is 8.62. The average molecular weight is 209 g/mol. The number of hydrogen-bond donors (Lipinski definition) is 0. The van der Waals surface area contributed by atoms with Crippen LogP contribution in [0.2, 0.25) is 13.1 Å². The van der Waals surface area contributed by atoms with Crippen molar-refractivity contribution in [3.05, 3.63) is 29.8 Å². The number of anilines is 1. The molecule has 1 heterocycles. The molecule has 70 valence electrons. The van der Waals surface area contributed by atoms with E-state index in [1.807, 2.05) is 0 Å². The smallest absolute Gasteiger partial charge is 0.0743 e. The molecule has 1 nitrogen and oxygen atoms in total. The molecule has 0 N–H and O–H groups in total. The van der Waals surface area contributed by atoms with Gasteiger partial charge in [0.1, 0.15) is 0 Å². The summed E-state index contributed by atoms with van der Waals surface area (Å²) in [6.45, 7) is 4.92. The van der Waals surface area contributed by atoms with Gasteiger partial charge in [-0.3, -0.25) is 0 Å². The van der Waals surface area contributed by atoms with Crippen LogP contribution in [0.15, 0.2) is 24.3 Å². The molecule has 0 bridgehead atoms. The van der Waals surface area contributed by atoms with E-state index in [-0.39, 0.29) is 0 Å². The number of rotatable bonds is 0. The molecule has 1 aromatic carbocycles. The highest BCUT2D eigenvalue weighted by molar-refractivity contribution is 7.19. The first-order chi connectivity index (χ1) is 6.08. The molecular weight excluding hydrogens is 193 g/mol. The maximum Gasteiger partial charge on any atom is 0.0743 e. The van der Waals surface area contributed by atoms with E-state index in [4.69, 9.17) is 0 Å². The second kappa shape index (κ2) is 3.11. The zero-order valence-corrected chi connectivity index (χ0v) is 10.4. The predicted octanol–water partition coefficient (Wildman–Crippen LogP) is 2.63. The Morgan fingerprint density at radius 2 is 2.00 bits per heavy atom. The Hall–Kier alpha value is -0.333. The van der Waals surface area contributed by atoms with E-state index in [1.54, 1.807) is 0 Å². The molecule has 0 fully saturated rings. The number of nitrogens with zero attached hydrogens (tertiary/aromatic N) is 1. The second-order valence-electron chi connectivity index (χ2n) is 4.60. The van der Waals surface area contributed by atoms with Crippen molar-refractivity contribution < 1.29 is 0 Å². The second-order valence-corrected chi connectivity index (χ2v) is 10.2. The molecule has 1 aliphatic heterocycles. The fourth-order valence-corrected chi connectivity index (χ4v) is 6.33. The Bertz CT molecular complexity index is 324. The monoisotopic (exact) mass is 209 g/mol. The van der Waals surface area contributed by atoms with E-state index in [0.29, 0.717) is 0 Å². The number of benzene rings is 1. The lowest BCUT2D eigenvalue weighted by atomic mass is 10.2. The Morgan fingerprint density at radius 1 is 1.31 bits per heavy atom. The minimum absolute atomic E-state index is 1.000. The van der Waals surface area contributed by atoms with Gasteiger partial charge >= 0.3 is 0 Å². The number of para-hydroxylation sites is 1. The third kappa shape index (κ3) is 1.79. The highest BCUT2D eigenvalue weighted by Crippen LogP contribution is 2.32. The largest absolute Gasteiger partial charge is 0.359 e. The van der Waals surface area contributed by atoms with E-state index in [2.05, 4.69) is 51.4 Å². The third-order valence-electron chi connectivity index (χ3n) is 2.57. The maximum atomic E-state index is 2.84. The lowest BCUT2D eigenvalue weighted by molar-refractivity contribution is 1.11. The first kappa shape index (κ1) is 9.23. The third-order valence-corrected chi connectivity index (χ3v) is 5.93. The molecule has 0 amide bonds. The normalized spacial score (nSPS) is 19.8. The SMILES string of the molecule is C[Si]1(C)Cc2ccccc2N(P)C1. The molecule has 1 aromatic rings. The molecule has 0 saturated heterocycles. The summed E-state index contributed by atoms with van der Waals surface area (Å²) in [6, 6.07) is 10.1. The Kier molecular flexibility index (Phi) is 2.21. The van der Waals surface area contributed by atoms with Crippen LogP contribution in [-0.4, -0.2) is 14.2 Å². The van der Waals surface area contributed by atoms with Gasteiger partial charge in [0.15, 0.2) is 0 Å². The van der Waals surface area contributed by atoms with Crippen molar-refractivity contribution in [1.82, 2.24) is 0 Å². The van der Waals surface area contributed by atoms with Crippen LogP contribution in [0.3, 0.4) is 0 Å². The van der Waals surface area contributed by atoms with Crippen molar-refractivity contribution in [2.45, 2.75) is 19.1 Å². The Morgan fingerprint density at radius 3 is 2.77 bits per heavy atom. The van der Waals surface area contributed by atoms with Gasteiger partial charge < -0.3 is 4.67 Å². The Labute approximate surface area is 83.4 Å². The minimum atomic E-state index is -1.000. The van der Waals surface area contributed by atoms with Crippen LogP contribution >= 0.6 is 9.39 Å². The fourth-order valence-electron chi connectivity index (χ4n) is 2.06. The van der Waals surface area contributed by atoms with E-state index in [9.17, 15) is 0 Å². The van der Waals surface area contributed by atoms with E-state index < -0.39 is 8.07 Å². The molecule has 1 atom stereocenters. The zero-order valence-electron chi connectivity index (χ0n) is 8.25. The van der Waals surface area contributed by atoms with E-state index in [0.717, 1.165) is 0 Å². The molecule has 0 saturated carbocycles. The van der Waals surface area contributed by atoms with Crippen molar-refractivity contribution >= 4 is 23.2 Å². The van der Waals surface area contributed by atoms with Crippen LogP contribution in [0.1, 0.15) is 5.56 Å². The highest BCUT2D eigenvalue weighted by atomic mass is 31.0. The minimum Gasteiger partial charge on any atom is -0.359 e. The summed E-state index contributed by atoms with van der Waals surface area (Å²) >= 11 is 0. The van der Waals surface area contributed by atoms with Gasteiger partial charge in [0.25, 0.3) is 0 Å². The van der Waals surface area contributed by atoms with Crippen LogP contribution in [0.25, 0.3) is 0 Å². The topological polar surface area (TPSA) is 3.24 Å². The van der Waals surface area contributed by atoms with Gasteiger partial charge in [0.05, 0.1) is 8.07 Å². The average Bonchev–Trinajstić information content (AvgIpc) is 2.02. The molecular formula is C10H16NPSi. The lowest BCUT2D eigenvalue weighted by Crippen LogP contribution is -2.45. The van der Waals surface area contributed by atoms with E-state index in [1.165, 1.54) is 23.5 Å². The van der Waals surface area contributed by atoms with Crippen molar-refractivity contribution in [2.24, 2.45) is 0 Å². The fraction of sp³-hybridized carbons (Fsp3) is 0.400. The predicted molar refractivity (Wildman–Crippen MR) is 64.7 cm³/mol. The van der Waals surface area contributed by atoms with Crippen LogP contribution in [0, 0.1) is 0 Å². The summed E-state index contributed by atoms with van der Waals surface area (Å²) in [7, 11) is 1.84. The van der Waals surface area contributed by atoms with Crippen LogP contribution < -0.4 is 4.67 Å². The molecule has 3 heteroatoms. The van der Waals surface area contributed by atoms with Gasteiger partial charge in [0.2, 0.25) is 0 Å². The van der Waals surface area contributed by atoms with Gasteiger partial charge in [0, 0.05) is 11.9 Å². The summed E-state index contributed by atoms with van der Waals surface area (Å²) in [4.78, 5) is 0. The summed E-state index contributed by atoms with van der Waals surface area (Å²) in [6.07, 6.45) is 1.26. The lowest BCUT2D eigenvalue weighted by Gasteiger charge is -2.36. The number of hydrogen-bond acceptors (Lipinski definition) is 1. The summed E-state index contributed by atoms with van der Waals surface area (Å²) in [5.41, 5.74) is 2.93. The quantitative estimate of drug-likeness (QED) is 0.469. The van der Waals surface area contributed by atoms with Gasteiger partial charge in [-0.1, -0.05) is 31.3 Å². The molecule has 0 aromatic heterocycles. The standard InChI is InChI=1S/C10H16NPSi/c1-13(2)7-9-5-3-4-6-10(9)11(12)8-13/h3-6H,7-8,12H2,1-2H3. The molecule has 2 rings (SSSR count). The van der Waals surface area contributed by atoms with Gasteiger partial charge in [-0.05, 0) is 27.1 Å². The molecule has 0 radical (unpaired) electrons. The van der Waals surface area contributed by atoms with Crippen molar-refractivity contribution in [3.63, 3.8) is 0 Å². The molecule has 0 spiro atoms. The highest BCUT2D eigenvalue weighted by Gasteiger charge is 2.29. The molecule has 0 aliphatic carbocycles. The Balaban J connectivity index is 2.43. The van der Waals surface area contributed by atoms with Crippen molar-refractivity contribution in [3.8, 4) is 0 Å². The van der Waals surface area contributed by atoms with Gasteiger partial charge in [-0.2, -0.15) is 0 Å². The molecule has 1 aliphatic rings. The summed E-state index contributed by atoms with van der Waals surface area (Å²) in [5, 5.41) is 0. The molecule has 1 unspecified atom stereocenters. The molecule has 13 heavy (non-hydrogen) atoms. The van der Waals surface area contributed by atoms with Crippen molar-refractivity contribution in [2.75, 3.05) is 10.8 Å². The first-order valence-electron chi connectivity index (χ1n) is 4.69. The summed E-state index contributed by atoms with van der Waals surface area (Å²) in [5.74, 6) is 0. The van der Waals surface area contributed by atoms with Crippen LogP contribution in [0.4, 0.5) is 5.69 Å². The van der Waals surface area contributed by atoms with Gasteiger partial charge in [-0.25, -0.2) is 0 Å². The number of fused-ring (bicyclic) bond motifs is 1. The van der Waals surface area contributed by atoms with Crippen molar-refractivity contribution in [1.29, 1.82) is 0 Å².